The highest BCUT2D eigenvalue weighted by molar-refractivity contribution is 7.92. The van der Waals surface area contributed by atoms with E-state index in [-0.39, 0.29) is 12.5 Å². The fourth-order valence-electron chi connectivity index (χ4n) is 3.49. The number of fused-ring (bicyclic) bond motifs is 1. The molecule has 8 heteroatoms. The molecule has 2 aromatic carbocycles. The second-order valence-electron chi connectivity index (χ2n) is 7.04. The summed E-state index contributed by atoms with van der Waals surface area (Å²) in [6.45, 7) is 2.07. The second-order valence-corrected chi connectivity index (χ2v) is 8.95. The quantitative estimate of drug-likeness (QED) is 0.632. The zero-order valence-corrected chi connectivity index (χ0v) is 17.6. The number of carbonyl (C=O) groups excluding carboxylic acids is 1. The molecule has 0 aliphatic carbocycles. The lowest BCUT2D eigenvalue weighted by Gasteiger charge is -2.23. The predicted molar refractivity (Wildman–Crippen MR) is 115 cm³/mol. The number of sulfonamides is 1. The van der Waals surface area contributed by atoms with E-state index in [0.717, 1.165) is 36.5 Å². The third-order valence-corrected chi connectivity index (χ3v) is 6.08. The van der Waals surface area contributed by atoms with Crippen LogP contribution in [0.5, 0.6) is 5.75 Å². The van der Waals surface area contributed by atoms with Gasteiger partial charge in [0.05, 0.1) is 19.1 Å². The number of methoxy groups -OCH3 is 1. The van der Waals surface area contributed by atoms with E-state index < -0.39 is 10.0 Å². The predicted octanol–water partition coefficient (Wildman–Crippen LogP) is 2.03. The Morgan fingerprint density at radius 3 is 2.76 bits per heavy atom. The number of amides is 1. The number of rotatable bonds is 9. The molecule has 1 heterocycles. The van der Waals surface area contributed by atoms with Crippen molar-refractivity contribution in [2.24, 2.45) is 0 Å². The summed E-state index contributed by atoms with van der Waals surface area (Å²) in [4.78, 5) is 14.7. The summed E-state index contributed by atoms with van der Waals surface area (Å²) in [5.74, 6) is 0.197. The zero-order chi connectivity index (χ0) is 20.9. The molecule has 0 saturated carbocycles. The lowest BCUT2D eigenvalue weighted by Crippen LogP contribution is -2.41. The Balaban J connectivity index is 1.52. The van der Waals surface area contributed by atoms with Crippen molar-refractivity contribution in [1.29, 1.82) is 0 Å². The van der Waals surface area contributed by atoms with Crippen LogP contribution in [0, 0.1) is 0 Å². The van der Waals surface area contributed by atoms with Gasteiger partial charge in [-0.2, -0.15) is 0 Å². The molecule has 1 amide bonds. The fourth-order valence-corrected chi connectivity index (χ4v) is 4.34. The van der Waals surface area contributed by atoms with Crippen LogP contribution >= 0.6 is 0 Å². The number of benzene rings is 2. The van der Waals surface area contributed by atoms with Gasteiger partial charge in [-0.1, -0.05) is 24.3 Å². The highest BCUT2D eigenvalue weighted by Gasteiger charge is 2.21. The summed E-state index contributed by atoms with van der Waals surface area (Å²) >= 11 is 0. The van der Waals surface area contributed by atoms with Crippen molar-refractivity contribution in [2.75, 3.05) is 48.7 Å². The van der Waals surface area contributed by atoms with Gasteiger partial charge in [-0.3, -0.25) is 9.10 Å². The van der Waals surface area contributed by atoms with Crippen molar-refractivity contribution in [3.8, 4) is 5.75 Å². The summed E-state index contributed by atoms with van der Waals surface area (Å²) < 4.78 is 30.6. The minimum absolute atomic E-state index is 0.265. The van der Waals surface area contributed by atoms with Crippen LogP contribution < -0.4 is 19.3 Å². The van der Waals surface area contributed by atoms with Crippen LogP contribution in [0.1, 0.15) is 12.0 Å². The average molecular weight is 418 g/mol. The first-order chi connectivity index (χ1) is 13.9. The van der Waals surface area contributed by atoms with Crippen molar-refractivity contribution >= 4 is 27.3 Å². The Labute approximate surface area is 172 Å². The number of nitrogens with zero attached hydrogens (tertiary/aromatic N) is 2. The Kier molecular flexibility index (Phi) is 6.64. The lowest BCUT2D eigenvalue weighted by molar-refractivity contribution is -0.119. The summed E-state index contributed by atoms with van der Waals surface area (Å²) in [6.07, 6.45) is 2.93. The van der Waals surface area contributed by atoms with Gasteiger partial charge in [-0.25, -0.2) is 8.42 Å². The molecule has 1 N–H and O–H groups in total. The smallest absolute Gasteiger partial charge is 0.240 e. The molecule has 0 atom stereocenters. The number of carbonyl (C=O) groups is 1. The molecular formula is C21H27N3O4S. The van der Waals surface area contributed by atoms with Gasteiger partial charge in [0.2, 0.25) is 15.9 Å². The molecular weight excluding hydrogens is 390 g/mol. The molecule has 3 rings (SSSR count). The molecule has 0 bridgehead atoms. The van der Waals surface area contributed by atoms with E-state index in [0.29, 0.717) is 18.0 Å². The largest absolute Gasteiger partial charge is 0.497 e. The first kappa shape index (κ1) is 21.0. The van der Waals surface area contributed by atoms with E-state index >= 15 is 0 Å². The summed E-state index contributed by atoms with van der Waals surface area (Å²) in [6, 6.07) is 15.0. The maximum absolute atomic E-state index is 12.4. The first-order valence-electron chi connectivity index (χ1n) is 9.60. The average Bonchev–Trinajstić information content (AvgIpc) is 3.12. The number of anilines is 2. The van der Waals surface area contributed by atoms with Gasteiger partial charge in [-0.15, -0.1) is 0 Å². The number of hydrogen-bond donors (Lipinski definition) is 1. The second kappa shape index (κ2) is 9.17. The van der Waals surface area contributed by atoms with Crippen molar-refractivity contribution in [3.63, 3.8) is 0 Å². The van der Waals surface area contributed by atoms with E-state index in [4.69, 9.17) is 4.74 Å². The SMILES string of the molecule is COc1cccc(N(CC(=O)NCCCN2CCc3ccccc32)S(C)(=O)=O)c1. The molecule has 0 spiro atoms. The molecule has 0 aromatic heterocycles. The minimum Gasteiger partial charge on any atom is -0.497 e. The Morgan fingerprint density at radius 2 is 2.00 bits per heavy atom. The molecule has 0 unspecified atom stereocenters. The van der Waals surface area contributed by atoms with Crippen LogP contribution in [0.3, 0.4) is 0 Å². The Morgan fingerprint density at radius 1 is 1.21 bits per heavy atom. The van der Waals surface area contributed by atoms with Gasteiger partial charge < -0.3 is 15.0 Å². The fraction of sp³-hybridized carbons (Fsp3) is 0.381. The Hall–Kier alpha value is -2.74. The molecule has 0 saturated heterocycles. The van der Waals surface area contributed by atoms with Gasteiger partial charge in [0.15, 0.2) is 0 Å². The van der Waals surface area contributed by atoms with E-state index in [9.17, 15) is 13.2 Å². The van der Waals surface area contributed by atoms with E-state index in [1.807, 2.05) is 6.07 Å². The number of ether oxygens (including phenoxy) is 1. The number of nitrogens with one attached hydrogen (secondary N) is 1. The minimum atomic E-state index is -3.61. The molecule has 0 fully saturated rings. The Bertz CT molecular complexity index is 962. The van der Waals surface area contributed by atoms with Crippen LogP contribution in [-0.4, -0.2) is 53.9 Å². The normalized spacial score (nSPS) is 13.1. The number of hydrogen-bond acceptors (Lipinski definition) is 5. The standard InChI is InChI=1S/C21H27N3O4S/c1-28-19-9-5-8-18(15-19)24(29(2,26)27)16-21(25)22-12-6-13-23-14-11-17-7-3-4-10-20(17)23/h3-5,7-10,15H,6,11-14,16H2,1-2H3,(H,22,25). The van der Waals surface area contributed by atoms with Crippen LogP contribution in [0.4, 0.5) is 11.4 Å². The molecule has 0 radical (unpaired) electrons. The summed E-state index contributed by atoms with van der Waals surface area (Å²) in [5, 5.41) is 2.83. The maximum Gasteiger partial charge on any atom is 0.240 e. The third kappa shape index (κ3) is 5.41. The van der Waals surface area contributed by atoms with Crippen molar-refractivity contribution in [2.45, 2.75) is 12.8 Å². The molecule has 7 nitrogen and oxygen atoms in total. The molecule has 1 aliphatic heterocycles. The molecule has 156 valence electrons. The van der Waals surface area contributed by atoms with Gasteiger partial charge in [-0.05, 0) is 36.6 Å². The molecule has 29 heavy (non-hydrogen) atoms. The highest BCUT2D eigenvalue weighted by Crippen LogP contribution is 2.27. The summed E-state index contributed by atoms with van der Waals surface area (Å²) in [5.41, 5.74) is 3.02. The zero-order valence-electron chi connectivity index (χ0n) is 16.8. The maximum atomic E-state index is 12.4. The highest BCUT2D eigenvalue weighted by atomic mass is 32.2. The molecule has 1 aliphatic rings. The van der Waals surface area contributed by atoms with Crippen LogP contribution in [0.15, 0.2) is 48.5 Å². The van der Waals surface area contributed by atoms with Crippen molar-refractivity contribution in [1.82, 2.24) is 5.32 Å². The van der Waals surface area contributed by atoms with Crippen LogP contribution in [-0.2, 0) is 21.2 Å². The van der Waals surface area contributed by atoms with Gasteiger partial charge >= 0.3 is 0 Å². The van der Waals surface area contributed by atoms with Crippen molar-refractivity contribution in [3.05, 3.63) is 54.1 Å². The monoisotopic (exact) mass is 417 g/mol. The number of para-hydroxylation sites is 1. The van der Waals surface area contributed by atoms with Gasteiger partial charge in [0.25, 0.3) is 0 Å². The van der Waals surface area contributed by atoms with E-state index in [1.54, 1.807) is 24.3 Å². The van der Waals surface area contributed by atoms with E-state index in [2.05, 4.69) is 28.4 Å². The molecule has 2 aromatic rings. The topological polar surface area (TPSA) is 79.0 Å². The lowest BCUT2D eigenvalue weighted by atomic mass is 10.2. The van der Waals surface area contributed by atoms with Gasteiger partial charge in [0.1, 0.15) is 12.3 Å². The van der Waals surface area contributed by atoms with Crippen LogP contribution in [0.2, 0.25) is 0 Å². The van der Waals surface area contributed by atoms with Crippen molar-refractivity contribution < 1.29 is 17.9 Å². The van der Waals surface area contributed by atoms with E-state index in [1.165, 1.54) is 18.4 Å². The first-order valence-corrected chi connectivity index (χ1v) is 11.4. The van der Waals surface area contributed by atoms with Crippen LogP contribution in [0.25, 0.3) is 0 Å². The third-order valence-electron chi connectivity index (χ3n) is 4.94. The summed E-state index contributed by atoms with van der Waals surface area (Å²) in [7, 11) is -2.10. The van der Waals surface area contributed by atoms with Gasteiger partial charge in [0, 0.05) is 31.4 Å².